The van der Waals surface area contributed by atoms with Gasteiger partial charge in [-0.2, -0.15) is 43.9 Å². The highest BCUT2D eigenvalue weighted by atomic mass is 127. The summed E-state index contributed by atoms with van der Waals surface area (Å²) in [6.45, 7) is 3.07. The van der Waals surface area contributed by atoms with Crippen LogP contribution in [0.15, 0.2) is 0 Å². The van der Waals surface area contributed by atoms with E-state index < -0.39 is 45.1 Å². The Morgan fingerprint density at radius 2 is 1.00 bits per heavy atom. The molecule has 0 nitrogen and oxygen atoms in total. The molecule has 0 radical (unpaired) electrons. The number of hydrogen-bond donors (Lipinski definition) is 0. The van der Waals surface area contributed by atoms with Gasteiger partial charge in [0.05, 0.1) is 0 Å². The molecule has 0 saturated heterocycles. The van der Waals surface area contributed by atoms with Crippen molar-refractivity contribution in [1.82, 2.24) is 0 Å². The lowest BCUT2D eigenvalue weighted by Crippen LogP contribution is -2.84. The van der Waals surface area contributed by atoms with Gasteiger partial charge >= 0.3 is 29.6 Å². The molecule has 1 atom stereocenters. The number of alkyl halides is 12. The van der Waals surface area contributed by atoms with Crippen molar-refractivity contribution in [2.24, 2.45) is 0 Å². The molecule has 1 rings (SSSR count). The normalized spacial score (nSPS) is 28.5. The molecule has 1 aliphatic carbocycles. The highest BCUT2D eigenvalue weighted by molar-refractivity contribution is 14.1. The SMILES string of the molecule is CCCCCCC(I)(CC)CC1(F)C(F)(F)C(F)(F)C(F)(F)C(F)(F)C1(F)F. The van der Waals surface area contributed by atoms with Crippen LogP contribution in [0.4, 0.5) is 48.3 Å². The molecular formula is C16H20F11I. The fraction of sp³-hybridized carbons (Fsp3) is 1.00. The van der Waals surface area contributed by atoms with E-state index >= 15 is 0 Å². The highest BCUT2D eigenvalue weighted by Crippen LogP contribution is 2.71. The van der Waals surface area contributed by atoms with Crippen molar-refractivity contribution >= 4 is 22.6 Å². The Labute approximate surface area is 168 Å². The molecule has 1 aliphatic rings. The zero-order valence-corrected chi connectivity index (χ0v) is 17.1. The first kappa shape index (κ1) is 26.0. The second-order valence-electron chi connectivity index (χ2n) is 7.17. The summed E-state index contributed by atoms with van der Waals surface area (Å²) in [6, 6.07) is 0. The first-order valence-corrected chi connectivity index (χ1v) is 9.67. The number of hydrogen-bond acceptors (Lipinski definition) is 0. The molecule has 0 aromatic heterocycles. The molecule has 1 fully saturated rings. The van der Waals surface area contributed by atoms with E-state index in [2.05, 4.69) is 0 Å². The van der Waals surface area contributed by atoms with Gasteiger partial charge in [0.2, 0.25) is 0 Å². The molecule has 0 aromatic carbocycles. The van der Waals surface area contributed by atoms with Gasteiger partial charge in [0.15, 0.2) is 0 Å². The minimum Gasteiger partial charge on any atom is -0.230 e. The van der Waals surface area contributed by atoms with Crippen LogP contribution in [0, 0.1) is 0 Å². The maximum atomic E-state index is 14.9. The first-order chi connectivity index (χ1) is 12.3. The summed E-state index contributed by atoms with van der Waals surface area (Å²) in [5, 5.41) is 0. The van der Waals surface area contributed by atoms with Crippen LogP contribution >= 0.6 is 22.6 Å². The minimum absolute atomic E-state index is 0.209. The van der Waals surface area contributed by atoms with E-state index in [0.717, 1.165) is 6.42 Å². The average molecular weight is 548 g/mol. The molecule has 168 valence electrons. The smallest absolute Gasteiger partial charge is 0.230 e. The molecule has 1 unspecified atom stereocenters. The molecule has 0 heterocycles. The maximum absolute atomic E-state index is 14.9. The van der Waals surface area contributed by atoms with Crippen LogP contribution in [0.5, 0.6) is 0 Å². The van der Waals surface area contributed by atoms with E-state index in [0.29, 0.717) is 12.8 Å². The van der Waals surface area contributed by atoms with E-state index in [9.17, 15) is 48.3 Å². The molecule has 0 aliphatic heterocycles. The standard InChI is InChI=1S/C16H20F11I/c1-3-5-6-7-8-10(28,4-2)9-11(17)12(18,19)14(22,23)16(26,27)15(24,25)13(11,20)21/h3-9H2,1-2H3. The third-order valence-corrected chi connectivity index (χ3v) is 6.93. The lowest BCUT2D eigenvalue weighted by molar-refractivity contribution is -0.486. The molecule has 0 aromatic rings. The topological polar surface area (TPSA) is 0 Å². The number of rotatable bonds is 8. The Balaban J connectivity index is 3.47. The number of halogens is 12. The monoisotopic (exact) mass is 548 g/mol. The molecule has 12 heteroatoms. The van der Waals surface area contributed by atoms with E-state index in [1.807, 2.05) is 6.92 Å². The maximum Gasteiger partial charge on any atom is 0.384 e. The first-order valence-electron chi connectivity index (χ1n) is 8.60. The average Bonchev–Trinajstić information content (AvgIpc) is 2.56. The Morgan fingerprint density at radius 1 is 0.607 bits per heavy atom. The van der Waals surface area contributed by atoms with Crippen LogP contribution in [-0.4, -0.2) is 38.7 Å². The second kappa shape index (κ2) is 7.58. The third-order valence-electron chi connectivity index (χ3n) is 5.25. The quantitative estimate of drug-likeness (QED) is 0.126. The van der Waals surface area contributed by atoms with Crippen LogP contribution in [0.1, 0.15) is 58.8 Å². The van der Waals surface area contributed by atoms with E-state index in [4.69, 9.17) is 0 Å². The molecule has 0 N–H and O–H groups in total. The summed E-state index contributed by atoms with van der Waals surface area (Å²) >= 11 is 1.28. The fourth-order valence-corrected chi connectivity index (χ4v) is 4.11. The van der Waals surface area contributed by atoms with Crippen LogP contribution in [0.3, 0.4) is 0 Å². The van der Waals surface area contributed by atoms with Gasteiger partial charge in [0.1, 0.15) is 0 Å². The summed E-state index contributed by atoms with van der Waals surface area (Å²) in [7, 11) is 0. The van der Waals surface area contributed by atoms with Crippen LogP contribution in [0.25, 0.3) is 0 Å². The lowest BCUT2D eigenvalue weighted by Gasteiger charge is -2.54. The summed E-state index contributed by atoms with van der Waals surface area (Å²) in [6.07, 6.45) is -0.563. The molecule has 0 spiro atoms. The Hall–Kier alpha value is -0.0400. The number of unbranched alkanes of at least 4 members (excludes halogenated alkanes) is 3. The fourth-order valence-electron chi connectivity index (χ4n) is 3.20. The van der Waals surface area contributed by atoms with Crippen LogP contribution in [0.2, 0.25) is 0 Å². The summed E-state index contributed by atoms with van der Waals surface area (Å²) < 4.78 is 150. The van der Waals surface area contributed by atoms with Crippen LogP contribution < -0.4 is 0 Å². The van der Waals surface area contributed by atoms with Gasteiger partial charge in [0.25, 0.3) is 5.67 Å². The predicted octanol–water partition coefficient (Wildman–Crippen LogP) is 7.83. The zero-order valence-electron chi connectivity index (χ0n) is 15.0. The molecule has 0 bridgehead atoms. The van der Waals surface area contributed by atoms with E-state index in [1.54, 1.807) is 0 Å². The lowest BCUT2D eigenvalue weighted by atomic mass is 9.68. The van der Waals surface area contributed by atoms with Crippen LogP contribution in [-0.2, 0) is 0 Å². The van der Waals surface area contributed by atoms with Gasteiger partial charge < -0.3 is 0 Å². The van der Waals surface area contributed by atoms with Gasteiger partial charge in [-0.25, -0.2) is 4.39 Å². The van der Waals surface area contributed by atoms with Gasteiger partial charge in [-0.15, -0.1) is 0 Å². The minimum atomic E-state index is -7.15. The van der Waals surface area contributed by atoms with Gasteiger partial charge in [0, 0.05) is 9.84 Å². The van der Waals surface area contributed by atoms with Gasteiger partial charge in [-0.05, 0) is 12.8 Å². The molecule has 0 amide bonds. The van der Waals surface area contributed by atoms with E-state index in [-0.39, 0.29) is 19.3 Å². The molecule has 1 saturated carbocycles. The second-order valence-corrected chi connectivity index (χ2v) is 9.45. The van der Waals surface area contributed by atoms with Gasteiger partial charge in [-0.3, -0.25) is 0 Å². The van der Waals surface area contributed by atoms with Crippen molar-refractivity contribution < 1.29 is 48.3 Å². The van der Waals surface area contributed by atoms with Gasteiger partial charge in [-0.1, -0.05) is 62.1 Å². The Morgan fingerprint density at radius 3 is 1.36 bits per heavy atom. The highest BCUT2D eigenvalue weighted by Gasteiger charge is 3.01. The molecule has 28 heavy (non-hydrogen) atoms. The van der Waals surface area contributed by atoms with Crippen molar-refractivity contribution in [2.75, 3.05) is 0 Å². The predicted molar refractivity (Wildman–Crippen MR) is 89.0 cm³/mol. The van der Waals surface area contributed by atoms with Crippen molar-refractivity contribution in [3.8, 4) is 0 Å². The van der Waals surface area contributed by atoms with E-state index in [1.165, 1.54) is 29.5 Å². The zero-order chi connectivity index (χ0) is 22.4. The Bertz CT molecular complexity index is 531. The summed E-state index contributed by atoms with van der Waals surface area (Å²) in [5.74, 6) is -34.7. The summed E-state index contributed by atoms with van der Waals surface area (Å²) in [5.41, 5.74) is -5.88. The van der Waals surface area contributed by atoms with Crippen molar-refractivity contribution in [1.29, 1.82) is 0 Å². The largest absolute Gasteiger partial charge is 0.384 e. The molecular weight excluding hydrogens is 528 g/mol. The van der Waals surface area contributed by atoms with Crippen molar-refractivity contribution in [3.63, 3.8) is 0 Å². The van der Waals surface area contributed by atoms with Crippen molar-refractivity contribution in [2.45, 2.75) is 97.5 Å². The Kier molecular flexibility index (Phi) is 7.04. The third kappa shape index (κ3) is 3.30. The van der Waals surface area contributed by atoms with Crippen molar-refractivity contribution in [3.05, 3.63) is 0 Å². The summed E-state index contributed by atoms with van der Waals surface area (Å²) in [4.78, 5) is 0.